The molecule has 1 aromatic carbocycles. The molecule has 0 aliphatic rings. The number of carbonyl (C=O) groups excluding carboxylic acids is 1. The van der Waals surface area contributed by atoms with Crippen molar-refractivity contribution in [2.45, 2.75) is 6.92 Å². The van der Waals surface area contributed by atoms with E-state index < -0.39 is 5.97 Å². The average Bonchev–Trinajstić information content (AvgIpc) is 2.03. The van der Waals surface area contributed by atoms with Gasteiger partial charge in [0.05, 0.1) is 27.1 Å². The molecule has 0 bridgehead atoms. The van der Waals surface area contributed by atoms with Gasteiger partial charge in [0, 0.05) is 0 Å². The summed E-state index contributed by atoms with van der Waals surface area (Å²) in [5.41, 5.74) is 1.27. The van der Waals surface area contributed by atoms with Gasteiger partial charge in [0.2, 0.25) is 0 Å². The third-order valence-electron chi connectivity index (χ3n) is 1.29. The molecule has 0 spiro atoms. The Balaban J connectivity index is 0.000000364. The second-order valence-corrected chi connectivity index (χ2v) is 3.65. The Morgan fingerprint density at radius 2 is 1.50 bits per heavy atom. The van der Waals surface area contributed by atoms with Gasteiger partial charge in [-0.05, 0) is 12.5 Å². The highest BCUT2D eigenvalue weighted by Crippen LogP contribution is 2.00. The smallest absolute Gasteiger partial charge is 0.0715 e. The second-order valence-electron chi connectivity index (χ2n) is 3.65. The van der Waals surface area contributed by atoms with Gasteiger partial charge in [0.25, 0.3) is 0 Å². The van der Waals surface area contributed by atoms with Gasteiger partial charge < -0.3 is 14.8 Å². The molecule has 0 saturated heterocycles. The number of quaternary nitrogens is 1. The van der Waals surface area contributed by atoms with Crippen molar-refractivity contribution in [1.82, 2.24) is 0 Å². The van der Waals surface area contributed by atoms with Gasteiger partial charge in [-0.2, -0.15) is 0 Å². The van der Waals surface area contributed by atoms with Crippen LogP contribution in [0, 0.1) is 6.92 Å². The first-order valence-electron chi connectivity index (χ1n) is 4.48. The van der Waals surface area contributed by atoms with Crippen LogP contribution in [0.3, 0.4) is 0 Å². The summed E-state index contributed by atoms with van der Waals surface area (Å²) in [6.45, 7) is 1.90. The highest BCUT2D eigenvalue weighted by molar-refractivity contribution is 5.85. The Morgan fingerprint density at radius 1 is 1.14 bits per heavy atom. The molecule has 0 atom stereocenters. The lowest BCUT2D eigenvalue weighted by Crippen LogP contribution is -3.02. The van der Waals surface area contributed by atoms with Crippen LogP contribution in [0.5, 0.6) is 0 Å². The summed E-state index contributed by atoms with van der Waals surface area (Å²) in [4.78, 5) is 11.6. The molecule has 1 aromatic rings. The molecule has 1 N–H and O–H groups in total. The third-order valence-corrected chi connectivity index (χ3v) is 1.29. The van der Waals surface area contributed by atoms with Crippen LogP contribution in [0.25, 0.3) is 0 Å². The predicted molar refractivity (Wildman–Crippen MR) is 54.2 cm³/mol. The molecule has 14 heavy (non-hydrogen) atoms. The molecule has 0 fully saturated rings. The van der Waals surface area contributed by atoms with Gasteiger partial charge in [-0.3, -0.25) is 0 Å². The van der Waals surface area contributed by atoms with E-state index in [-0.39, 0.29) is 5.56 Å². The quantitative estimate of drug-likeness (QED) is 0.632. The van der Waals surface area contributed by atoms with E-state index in [0.29, 0.717) is 0 Å². The number of hydrogen-bond donors (Lipinski definition) is 1. The number of aryl methyl sites for hydroxylation is 1. The fourth-order valence-corrected chi connectivity index (χ4v) is 0.690. The van der Waals surface area contributed by atoms with Crippen LogP contribution in [0.1, 0.15) is 15.9 Å². The van der Waals surface area contributed by atoms with Crippen molar-refractivity contribution in [3.05, 3.63) is 35.4 Å². The summed E-state index contributed by atoms with van der Waals surface area (Å²) in [5, 5.41) is 10.2. The Kier molecular flexibility index (Phi) is 5.56. The van der Waals surface area contributed by atoms with Crippen molar-refractivity contribution in [1.29, 1.82) is 0 Å². The average molecular weight is 195 g/mol. The third kappa shape index (κ3) is 6.20. The van der Waals surface area contributed by atoms with Crippen LogP contribution >= 0.6 is 0 Å². The SMILES string of the molecule is C[NH+](C)C.Cc1ccc(C(=O)[O-])cc1. The minimum Gasteiger partial charge on any atom is -0.545 e. The number of aromatic carboxylic acids is 1. The van der Waals surface area contributed by atoms with E-state index in [4.69, 9.17) is 0 Å². The zero-order chi connectivity index (χ0) is 11.1. The molecule has 3 nitrogen and oxygen atoms in total. The van der Waals surface area contributed by atoms with Gasteiger partial charge in [-0.25, -0.2) is 0 Å². The predicted octanol–water partition coefficient (Wildman–Crippen LogP) is -0.881. The molecule has 0 heterocycles. The van der Waals surface area contributed by atoms with Crippen LogP contribution in [-0.4, -0.2) is 27.1 Å². The first kappa shape index (κ1) is 12.7. The van der Waals surface area contributed by atoms with Gasteiger partial charge >= 0.3 is 0 Å². The molecule has 0 radical (unpaired) electrons. The molecular weight excluding hydrogens is 178 g/mol. The summed E-state index contributed by atoms with van der Waals surface area (Å²) < 4.78 is 0. The van der Waals surface area contributed by atoms with Crippen molar-refractivity contribution in [2.75, 3.05) is 21.1 Å². The lowest BCUT2D eigenvalue weighted by atomic mass is 10.2. The minimum atomic E-state index is -1.12. The molecule has 1 rings (SSSR count). The van der Waals surface area contributed by atoms with Crippen molar-refractivity contribution < 1.29 is 14.8 Å². The lowest BCUT2D eigenvalue weighted by molar-refractivity contribution is -0.836. The molecule has 3 heteroatoms. The van der Waals surface area contributed by atoms with E-state index in [2.05, 4.69) is 21.1 Å². The summed E-state index contributed by atoms with van der Waals surface area (Å²) in [6, 6.07) is 6.55. The zero-order valence-electron chi connectivity index (χ0n) is 9.13. The first-order chi connectivity index (χ1) is 6.43. The largest absolute Gasteiger partial charge is 0.545 e. The number of benzene rings is 1. The maximum Gasteiger partial charge on any atom is 0.0715 e. The maximum absolute atomic E-state index is 10.2. The standard InChI is InChI=1S/C8H8O2.C3H9N/c1-6-2-4-7(5-3-6)8(9)10;1-4(2)3/h2-5H,1H3,(H,9,10);1-3H3. The van der Waals surface area contributed by atoms with E-state index in [9.17, 15) is 9.90 Å². The van der Waals surface area contributed by atoms with Crippen LogP contribution in [0.15, 0.2) is 24.3 Å². The van der Waals surface area contributed by atoms with E-state index in [0.717, 1.165) is 5.56 Å². The number of carbonyl (C=O) groups is 1. The molecule has 0 amide bonds. The topological polar surface area (TPSA) is 44.6 Å². The maximum atomic E-state index is 10.2. The van der Waals surface area contributed by atoms with Crippen LogP contribution in [-0.2, 0) is 0 Å². The Hall–Kier alpha value is -1.35. The van der Waals surface area contributed by atoms with E-state index >= 15 is 0 Å². The van der Waals surface area contributed by atoms with Crippen molar-refractivity contribution in [2.24, 2.45) is 0 Å². The minimum absolute atomic E-state index is 0.227. The zero-order valence-corrected chi connectivity index (χ0v) is 9.13. The number of carboxylic acid groups (broad SMARTS) is 1. The van der Waals surface area contributed by atoms with Gasteiger partial charge in [0.1, 0.15) is 0 Å². The highest BCUT2D eigenvalue weighted by atomic mass is 16.4. The Morgan fingerprint density at radius 3 is 1.79 bits per heavy atom. The molecule has 0 aliphatic heterocycles. The molecule has 0 unspecified atom stereocenters. The van der Waals surface area contributed by atoms with Crippen LogP contribution < -0.4 is 10.0 Å². The number of carboxylic acids is 1. The van der Waals surface area contributed by atoms with Gasteiger partial charge in [-0.1, -0.05) is 29.8 Å². The molecular formula is C11H17NO2. The normalized spacial score (nSPS) is 9.21. The molecule has 78 valence electrons. The summed E-state index contributed by atoms with van der Waals surface area (Å²) in [6.07, 6.45) is 0. The number of hydrogen-bond acceptors (Lipinski definition) is 2. The highest BCUT2D eigenvalue weighted by Gasteiger charge is 1.89. The monoisotopic (exact) mass is 195 g/mol. The van der Waals surface area contributed by atoms with Gasteiger partial charge in [-0.15, -0.1) is 0 Å². The lowest BCUT2D eigenvalue weighted by Gasteiger charge is -2.00. The van der Waals surface area contributed by atoms with E-state index in [1.54, 1.807) is 12.1 Å². The first-order valence-corrected chi connectivity index (χ1v) is 4.48. The van der Waals surface area contributed by atoms with Crippen molar-refractivity contribution in [3.8, 4) is 0 Å². The van der Waals surface area contributed by atoms with Crippen molar-refractivity contribution in [3.63, 3.8) is 0 Å². The summed E-state index contributed by atoms with van der Waals surface area (Å²) in [5.74, 6) is -1.12. The Labute approximate surface area is 85.0 Å². The summed E-state index contributed by atoms with van der Waals surface area (Å²) in [7, 11) is 6.25. The second kappa shape index (κ2) is 6.16. The molecule has 0 aliphatic carbocycles. The molecule has 0 aromatic heterocycles. The fraction of sp³-hybridized carbons (Fsp3) is 0.364. The summed E-state index contributed by atoms with van der Waals surface area (Å²) >= 11 is 0. The number of nitrogens with one attached hydrogen (secondary N) is 1. The fourth-order valence-electron chi connectivity index (χ4n) is 0.690. The van der Waals surface area contributed by atoms with Crippen LogP contribution in [0.4, 0.5) is 0 Å². The van der Waals surface area contributed by atoms with E-state index in [1.807, 2.05) is 6.92 Å². The van der Waals surface area contributed by atoms with E-state index in [1.165, 1.54) is 17.0 Å². The Bertz CT molecular complexity index is 275. The van der Waals surface area contributed by atoms with Gasteiger partial charge in [0.15, 0.2) is 0 Å². The number of rotatable bonds is 1. The molecule has 0 saturated carbocycles. The van der Waals surface area contributed by atoms with Crippen molar-refractivity contribution >= 4 is 5.97 Å². The van der Waals surface area contributed by atoms with Crippen LogP contribution in [0.2, 0.25) is 0 Å².